The van der Waals surface area contributed by atoms with Crippen molar-refractivity contribution in [2.24, 2.45) is 5.73 Å². The fourth-order valence-corrected chi connectivity index (χ4v) is 3.40. The zero-order chi connectivity index (χ0) is 20.5. The van der Waals surface area contributed by atoms with Crippen LogP contribution in [0.2, 0.25) is 0 Å². The fraction of sp³-hybridized carbons (Fsp3) is 0.368. The molecular formula is C19H22FN7O2. The first-order valence-corrected chi connectivity index (χ1v) is 9.42. The number of pyridine rings is 1. The minimum Gasteiger partial charge on any atom is -0.391 e. The Balaban J connectivity index is 1.75. The van der Waals surface area contributed by atoms with E-state index in [1.165, 1.54) is 28.0 Å². The molecule has 1 amide bonds. The van der Waals surface area contributed by atoms with Crippen molar-refractivity contribution in [2.45, 2.75) is 38.8 Å². The molecule has 3 aromatic rings. The summed E-state index contributed by atoms with van der Waals surface area (Å²) in [5.74, 6) is -0.266. The van der Waals surface area contributed by atoms with E-state index in [4.69, 9.17) is 5.73 Å². The summed E-state index contributed by atoms with van der Waals surface area (Å²) in [5.41, 5.74) is 8.07. The van der Waals surface area contributed by atoms with Crippen LogP contribution in [-0.4, -0.2) is 43.2 Å². The molecule has 3 N–H and O–H groups in total. The van der Waals surface area contributed by atoms with Gasteiger partial charge in [0.05, 0.1) is 30.4 Å². The SMILES string of the molecule is C[C@@H](N)CCc1ncc(F)cc1N1CCC(=O)N1c1ccn2ncc(CO)c2n1. The van der Waals surface area contributed by atoms with E-state index in [2.05, 4.69) is 15.1 Å². The van der Waals surface area contributed by atoms with Crippen LogP contribution in [-0.2, 0) is 17.8 Å². The van der Waals surface area contributed by atoms with E-state index in [1.54, 1.807) is 17.3 Å². The standard InChI is InChI=1S/C19H22FN7O2/c1-12(21)2-3-15-16(8-14(20)10-22-15)26-7-5-18(29)27(26)17-4-6-25-19(24-17)13(11-28)9-23-25/h4,6,8-10,12,28H,2-3,5,7,11,21H2,1H3/t12-/m1/s1. The Morgan fingerprint density at radius 2 is 2.21 bits per heavy atom. The van der Waals surface area contributed by atoms with Crippen LogP contribution in [0.1, 0.15) is 31.0 Å². The lowest BCUT2D eigenvalue weighted by Crippen LogP contribution is -2.40. The first-order chi connectivity index (χ1) is 14.0. The van der Waals surface area contributed by atoms with Crippen LogP contribution < -0.4 is 15.8 Å². The second kappa shape index (κ2) is 7.72. The number of halogens is 1. The number of aryl methyl sites for hydroxylation is 1. The topological polar surface area (TPSA) is 113 Å². The number of aliphatic hydroxyl groups excluding tert-OH is 1. The van der Waals surface area contributed by atoms with E-state index in [1.807, 2.05) is 6.92 Å². The fourth-order valence-electron chi connectivity index (χ4n) is 3.40. The van der Waals surface area contributed by atoms with Crippen LogP contribution in [0.4, 0.5) is 15.9 Å². The Morgan fingerprint density at radius 3 is 2.97 bits per heavy atom. The number of hydrazine groups is 1. The predicted molar refractivity (Wildman–Crippen MR) is 105 cm³/mol. The van der Waals surface area contributed by atoms with Gasteiger partial charge in [0, 0.05) is 42.9 Å². The molecule has 0 spiro atoms. The highest BCUT2D eigenvalue weighted by molar-refractivity contribution is 5.98. The van der Waals surface area contributed by atoms with Crippen LogP contribution >= 0.6 is 0 Å². The molecule has 1 atom stereocenters. The molecule has 152 valence electrons. The van der Waals surface area contributed by atoms with Gasteiger partial charge < -0.3 is 10.8 Å². The van der Waals surface area contributed by atoms with E-state index in [0.717, 1.165) is 0 Å². The summed E-state index contributed by atoms with van der Waals surface area (Å²) >= 11 is 0. The van der Waals surface area contributed by atoms with E-state index in [0.29, 0.717) is 47.8 Å². The second-order valence-electron chi connectivity index (χ2n) is 7.10. The lowest BCUT2D eigenvalue weighted by molar-refractivity contribution is -0.117. The molecule has 1 aliphatic rings. The number of carbonyl (C=O) groups is 1. The molecule has 0 bridgehead atoms. The number of aliphatic hydroxyl groups is 1. The molecule has 10 heteroatoms. The quantitative estimate of drug-likeness (QED) is 0.640. The normalized spacial score (nSPS) is 15.5. The van der Waals surface area contributed by atoms with Gasteiger partial charge in [-0.15, -0.1) is 0 Å². The molecule has 9 nitrogen and oxygen atoms in total. The molecule has 0 saturated carbocycles. The van der Waals surface area contributed by atoms with Gasteiger partial charge in [0.25, 0.3) is 0 Å². The van der Waals surface area contributed by atoms with Crippen molar-refractivity contribution < 1.29 is 14.3 Å². The van der Waals surface area contributed by atoms with Gasteiger partial charge in [0.2, 0.25) is 5.91 Å². The second-order valence-corrected chi connectivity index (χ2v) is 7.10. The molecule has 1 saturated heterocycles. The smallest absolute Gasteiger partial charge is 0.249 e. The summed E-state index contributed by atoms with van der Waals surface area (Å²) in [6.07, 6.45) is 5.89. The van der Waals surface area contributed by atoms with Gasteiger partial charge in [0.1, 0.15) is 5.82 Å². The van der Waals surface area contributed by atoms with Crippen LogP contribution in [0.3, 0.4) is 0 Å². The summed E-state index contributed by atoms with van der Waals surface area (Å²) in [5, 5.41) is 16.7. The number of amides is 1. The summed E-state index contributed by atoms with van der Waals surface area (Å²) in [7, 11) is 0. The maximum absolute atomic E-state index is 14.0. The van der Waals surface area contributed by atoms with Gasteiger partial charge in [-0.1, -0.05) is 0 Å². The molecule has 0 aliphatic carbocycles. The van der Waals surface area contributed by atoms with Crippen molar-refractivity contribution in [1.29, 1.82) is 0 Å². The Hall–Kier alpha value is -3.11. The van der Waals surface area contributed by atoms with Crippen molar-refractivity contribution in [1.82, 2.24) is 19.6 Å². The van der Waals surface area contributed by atoms with E-state index < -0.39 is 5.82 Å². The number of rotatable bonds is 6. The predicted octanol–water partition coefficient (Wildman–Crippen LogP) is 1.19. The van der Waals surface area contributed by atoms with E-state index in [-0.39, 0.29) is 25.0 Å². The highest BCUT2D eigenvalue weighted by atomic mass is 19.1. The van der Waals surface area contributed by atoms with Gasteiger partial charge in [-0.2, -0.15) is 5.10 Å². The first-order valence-electron chi connectivity index (χ1n) is 9.42. The first kappa shape index (κ1) is 19.2. The molecule has 1 aliphatic heterocycles. The number of carbonyl (C=O) groups excluding carboxylic acids is 1. The third-order valence-corrected chi connectivity index (χ3v) is 4.86. The molecule has 0 radical (unpaired) electrons. The highest BCUT2D eigenvalue weighted by Gasteiger charge is 2.33. The van der Waals surface area contributed by atoms with Gasteiger partial charge in [0.15, 0.2) is 11.5 Å². The summed E-state index contributed by atoms with van der Waals surface area (Å²) in [6.45, 7) is 2.07. The van der Waals surface area contributed by atoms with Crippen molar-refractivity contribution in [2.75, 3.05) is 16.6 Å². The highest BCUT2D eigenvalue weighted by Crippen LogP contribution is 2.30. The minimum atomic E-state index is -0.481. The molecule has 3 aromatic heterocycles. The maximum Gasteiger partial charge on any atom is 0.249 e. The van der Waals surface area contributed by atoms with Gasteiger partial charge in [-0.05, 0) is 19.8 Å². The number of fused-ring (bicyclic) bond motifs is 1. The van der Waals surface area contributed by atoms with Crippen molar-refractivity contribution >= 4 is 23.1 Å². The maximum atomic E-state index is 14.0. The molecule has 0 unspecified atom stereocenters. The molecule has 29 heavy (non-hydrogen) atoms. The number of hydrogen-bond donors (Lipinski definition) is 2. The van der Waals surface area contributed by atoms with Crippen molar-refractivity contribution in [3.8, 4) is 0 Å². The molecule has 4 heterocycles. The Bertz CT molecular complexity index is 1050. The summed E-state index contributed by atoms with van der Waals surface area (Å²) < 4.78 is 15.5. The largest absolute Gasteiger partial charge is 0.391 e. The summed E-state index contributed by atoms with van der Waals surface area (Å²) in [4.78, 5) is 21.4. The molecular weight excluding hydrogens is 377 g/mol. The number of hydrogen-bond acceptors (Lipinski definition) is 7. The lowest BCUT2D eigenvalue weighted by Gasteiger charge is -2.30. The summed E-state index contributed by atoms with van der Waals surface area (Å²) in [6, 6.07) is 3.02. The average molecular weight is 399 g/mol. The van der Waals surface area contributed by atoms with Gasteiger partial charge >= 0.3 is 0 Å². The Labute approximate surface area is 166 Å². The third kappa shape index (κ3) is 3.64. The van der Waals surface area contributed by atoms with Gasteiger partial charge in [-0.3, -0.25) is 14.8 Å². The number of nitrogens with zero attached hydrogens (tertiary/aromatic N) is 6. The zero-order valence-corrected chi connectivity index (χ0v) is 16.0. The molecule has 0 aromatic carbocycles. The molecule has 1 fully saturated rings. The van der Waals surface area contributed by atoms with E-state index >= 15 is 0 Å². The van der Waals surface area contributed by atoms with Crippen molar-refractivity contribution in [3.63, 3.8) is 0 Å². The average Bonchev–Trinajstić information content (AvgIpc) is 3.29. The minimum absolute atomic E-state index is 0.0196. The third-order valence-electron chi connectivity index (χ3n) is 4.86. The van der Waals surface area contributed by atoms with Crippen LogP contribution in [0, 0.1) is 5.82 Å². The monoisotopic (exact) mass is 399 g/mol. The van der Waals surface area contributed by atoms with Crippen molar-refractivity contribution in [3.05, 3.63) is 47.8 Å². The Kier molecular flexibility index (Phi) is 5.12. The lowest BCUT2D eigenvalue weighted by atomic mass is 10.1. The molecule has 4 rings (SSSR count). The van der Waals surface area contributed by atoms with Crippen LogP contribution in [0.5, 0.6) is 0 Å². The Morgan fingerprint density at radius 1 is 1.38 bits per heavy atom. The number of anilines is 2. The van der Waals surface area contributed by atoms with Crippen LogP contribution in [0.25, 0.3) is 5.65 Å². The number of nitrogens with two attached hydrogens (primary N) is 1. The number of aromatic nitrogens is 4. The zero-order valence-electron chi connectivity index (χ0n) is 16.0. The van der Waals surface area contributed by atoms with Gasteiger partial charge in [-0.25, -0.2) is 18.9 Å². The van der Waals surface area contributed by atoms with E-state index in [9.17, 15) is 14.3 Å². The van der Waals surface area contributed by atoms with Crippen LogP contribution in [0.15, 0.2) is 30.7 Å².